The second kappa shape index (κ2) is 4.95. The molecule has 4 heteroatoms. The van der Waals surface area contributed by atoms with E-state index in [4.69, 9.17) is 14.6 Å². The molecule has 0 aliphatic heterocycles. The molecule has 0 heterocycles. The highest BCUT2D eigenvalue weighted by atomic mass is 16.7. The Morgan fingerprint density at radius 3 is 2.00 bits per heavy atom. The fourth-order valence-electron chi connectivity index (χ4n) is 1.18. The van der Waals surface area contributed by atoms with Crippen LogP contribution < -0.4 is 0 Å². The molecule has 14 heavy (non-hydrogen) atoms. The fraction of sp³-hybridized carbons (Fsp3) is 0.400. The molecule has 78 valence electrons. The number of phenols is 1. The molecule has 0 aliphatic carbocycles. The van der Waals surface area contributed by atoms with E-state index in [9.17, 15) is 5.11 Å². The number of methoxy groups -OCH3 is 2. The molecule has 0 radical (unpaired) electrons. The van der Waals surface area contributed by atoms with Crippen LogP contribution in [0.25, 0.3) is 0 Å². The van der Waals surface area contributed by atoms with Gasteiger partial charge >= 0.3 is 0 Å². The van der Waals surface area contributed by atoms with Crippen molar-refractivity contribution in [3.8, 4) is 5.75 Å². The van der Waals surface area contributed by atoms with Crippen LogP contribution in [0.2, 0.25) is 0 Å². The van der Waals surface area contributed by atoms with Crippen molar-refractivity contribution in [2.24, 2.45) is 0 Å². The number of aliphatic hydroxyl groups is 1. The van der Waals surface area contributed by atoms with E-state index in [0.29, 0.717) is 5.56 Å². The zero-order chi connectivity index (χ0) is 10.6. The number of rotatable bonds is 4. The largest absolute Gasteiger partial charge is 0.508 e. The highest BCUT2D eigenvalue weighted by Crippen LogP contribution is 2.21. The van der Waals surface area contributed by atoms with Crippen molar-refractivity contribution in [3.05, 3.63) is 29.8 Å². The SMILES string of the molecule is COC(OC)C(O)c1ccc(O)cc1. The minimum Gasteiger partial charge on any atom is -0.508 e. The van der Waals surface area contributed by atoms with E-state index in [0.717, 1.165) is 0 Å². The van der Waals surface area contributed by atoms with E-state index >= 15 is 0 Å². The number of aliphatic hydroxyl groups excluding tert-OH is 1. The van der Waals surface area contributed by atoms with Gasteiger partial charge < -0.3 is 19.7 Å². The van der Waals surface area contributed by atoms with E-state index in [-0.39, 0.29) is 5.75 Å². The monoisotopic (exact) mass is 198 g/mol. The smallest absolute Gasteiger partial charge is 0.187 e. The molecule has 1 rings (SSSR count). The number of hydrogen-bond donors (Lipinski definition) is 2. The molecule has 1 unspecified atom stereocenters. The van der Waals surface area contributed by atoms with Crippen molar-refractivity contribution in [2.45, 2.75) is 12.4 Å². The van der Waals surface area contributed by atoms with Crippen LogP contribution in [0.4, 0.5) is 0 Å². The van der Waals surface area contributed by atoms with Crippen LogP contribution in [0.1, 0.15) is 11.7 Å². The Balaban J connectivity index is 2.77. The predicted octanol–water partition coefficient (Wildman–Crippen LogP) is 1.04. The maximum absolute atomic E-state index is 9.74. The second-order valence-electron chi connectivity index (χ2n) is 2.88. The third-order valence-electron chi connectivity index (χ3n) is 1.96. The number of aromatic hydroxyl groups is 1. The van der Waals surface area contributed by atoms with Gasteiger partial charge in [0.05, 0.1) is 0 Å². The topological polar surface area (TPSA) is 58.9 Å². The molecular formula is C10H14O4. The van der Waals surface area contributed by atoms with Gasteiger partial charge in [0.25, 0.3) is 0 Å². The van der Waals surface area contributed by atoms with Crippen molar-refractivity contribution >= 4 is 0 Å². The zero-order valence-corrected chi connectivity index (χ0v) is 8.18. The lowest BCUT2D eigenvalue weighted by Gasteiger charge is -2.20. The van der Waals surface area contributed by atoms with Crippen molar-refractivity contribution < 1.29 is 19.7 Å². The Morgan fingerprint density at radius 1 is 1.07 bits per heavy atom. The quantitative estimate of drug-likeness (QED) is 0.710. The standard InChI is InChI=1S/C10H14O4/c1-13-10(14-2)9(12)7-3-5-8(11)6-4-7/h3-6,9-12H,1-2H3. The van der Waals surface area contributed by atoms with Crippen LogP contribution in [0.5, 0.6) is 5.75 Å². The molecule has 0 bridgehead atoms. The lowest BCUT2D eigenvalue weighted by molar-refractivity contribution is -0.166. The molecule has 0 aromatic heterocycles. The summed E-state index contributed by atoms with van der Waals surface area (Å²) in [5.41, 5.74) is 0.636. The highest BCUT2D eigenvalue weighted by Gasteiger charge is 2.19. The van der Waals surface area contributed by atoms with E-state index in [1.165, 1.54) is 26.4 Å². The first-order chi connectivity index (χ1) is 6.69. The third kappa shape index (κ3) is 2.45. The molecule has 0 fully saturated rings. The molecule has 1 atom stereocenters. The molecule has 1 aromatic rings. The van der Waals surface area contributed by atoms with E-state index in [1.54, 1.807) is 12.1 Å². The van der Waals surface area contributed by atoms with E-state index in [2.05, 4.69) is 0 Å². The maximum atomic E-state index is 9.74. The van der Waals surface area contributed by atoms with Crippen molar-refractivity contribution in [3.63, 3.8) is 0 Å². The summed E-state index contributed by atoms with van der Waals surface area (Å²) in [6.45, 7) is 0. The predicted molar refractivity (Wildman–Crippen MR) is 50.9 cm³/mol. The minimum atomic E-state index is -0.856. The average molecular weight is 198 g/mol. The van der Waals surface area contributed by atoms with Crippen molar-refractivity contribution in [2.75, 3.05) is 14.2 Å². The van der Waals surface area contributed by atoms with Crippen LogP contribution in [0.15, 0.2) is 24.3 Å². The van der Waals surface area contributed by atoms with Crippen LogP contribution in [0.3, 0.4) is 0 Å². The Labute approximate surface area is 82.7 Å². The number of benzene rings is 1. The Bertz CT molecular complexity index is 266. The molecule has 1 aromatic carbocycles. The second-order valence-corrected chi connectivity index (χ2v) is 2.88. The van der Waals surface area contributed by atoms with Crippen molar-refractivity contribution in [1.82, 2.24) is 0 Å². The summed E-state index contributed by atoms with van der Waals surface area (Å²) in [7, 11) is 2.91. The lowest BCUT2D eigenvalue weighted by Crippen LogP contribution is -2.22. The molecule has 0 amide bonds. The summed E-state index contributed by atoms with van der Waals surface area (Å²) in [5, 5.41) is 18.8. The minimum absolute atomic E-state index is 0.160. The first kappa shape index (κ1) is 11.0. The summed E-state index contributed by atoms with van der Waals surface area (Å²) in [6.07, 6.45) is -1.55. The van der Waals surface area contributed by atoms with Crippen LogP contribution in [-0.2, 0) is 9.47 Å². The number of ether oxygens (including phenoxy) is 2. The molecule has 0 aliphatic rings. The Kier molecular flexibility index (Phi) is 3.88. The third-order valence-corrected chi connectivity index (χ3v) is 1.96. The van der Waals surface area contributed by atoms with Gasteiger partial charge in [-0.3, -0.25) is 0 Å². The van der Waals surface area contributed by atoms with Crippen LogP contribution >= 0.6 is 0 Å². The highest BCUT2D eigenvalue weighted by molar-refractivity contribution is 5.27. The Hall–Kier alpha value is -1.10. The summed E-state index contributed by atoms with van der Waals surface area (Å²) in [6, 6.07) is 6.23. The van der Waals surface area contributed by atoms with Gasteiger partial charge in [-0.15, -0.1) is 0 Å². The molecule has 2 N–H and O–H groups in total. The summed E-state index contributed by atoms with van der Waals surface area (Å²) in [4.78, 5) is 0. The van der Waals surface area contributed by atoms with Gasteiger partial charge in [-0.1, -0.05) is 12.1 Å². The van der Waals surface area contributed by atoms with Gasteiger partial charge in [-0.05, 0) is 17.7 Å². The van der Waals surface area contributed by atoms with Gasteiger partial charge in [-0.25, -0.2) is 0 Å². The normalized spacial score (nSPS) is 13.1. The molecule has 0 saturated heterocycles. The average Bonchev–Trinajstić information content (AvgIpc) is 2.20. The summed E-state index contributed by atoms with van der Waals surface area (Å²) < 4.78 is 9.82. The van der Waals surface area contributed by atoms with Gasteiger partial charge in [0.1, 0.15) is 11.9 Å². The molecule has 0 spiro atoms. The molecule has 0 saturated carbocycles. The van der Waals surface area contributed by atoms with Crippen LogP contribution in [0, 0.1) is 0 Å². The zero-order valence-electron chi connectivity index (χ0n) is 8.18. The van der Waals surface area contributed by atoms with Gasteiger partial charge in [0.2, 0.25) is 0 Å². The fourth-order valence-corrected chi connectivity index (χ4v) is 1.18. The molecule has 4 nitrogen and oxygen atoms in total. The maximum Gasteiger partial charge on any atom is 0.187 e. The van der Waals surface area contributed by atoms with Crippen LogP contribution in [-0.4, -0.2) is 30.7 Å². The van der Waals surface area contributed by atoms with E-state index < -0.39 is 12.4 Å². The summed E-state index contributed by atoms with van der Waals surface area (Å²) in [5.74, 6) is 0.160. The van der Waals surface area contributed by atoms with Gasteiger partial charge in [-0.2, -0.15) is 0 Å². The molecular weight excluding hydrogens is 184 g/mol. The van der Waals surface area contributed by atoms with E-state index in [1.807, 2.05) is 0 Å². The Morgan fingerprint density at radius 2 is 1.57 bits per heavy atom. The first-order valence-corrected chi connectivity index (χ1v) is 4.21. The number of phenolic OH excluding ortho intramolecular Hbond substituents is 1. The first-order valence-electron chi connectivity index (χ1n) is 4.21. The number of hydrogen-bond acceptors (Lipinski definition) is 4. The van der Waals surface area contributed by atoms with Crippen molar-refractivity contribution in [1.29, 1.82) is 0 Å². The lowest BCUT2D eigenvalue weighted by atomic mass is 10.1. The summed E-state index contributed by atoms with van der Waals surface area (Å²) >= 11 is 0. The van der Waals surface area contributed by atoms with Gasteiger partial charge in [0.15, 0.2) is 6.29 Å². The van der Waals surface area contributed by atoms with Gasteiger partial charge in [0, 0.05) is 14.2 Å².